The summed E-state index contributed by atoms with van der Waals surface area (Å²) in [6.07, 6.45) is 0. The molecule has 2 rings (SSSR count). The Morgan fingerprint density at radius 2 is 1.42 bits per heavy atom. The van der Waals surface area contributed by atoms with Crippen LogP contribution in [-0.2, 0) is 6.54 Å². The third-order valence-electron chi connectivity index (χ3n) is 2.88. The van der Waals surface area contributed by atoms with Gasteiger partial charge in [-0.2, -0.15) is 0 Å². The first-order valence-corrected chi connectivity index (χ1v) is 6.71. The summed E-state index contributed by atoms with van der Waals surface area (Å²) in [4.78, 5) is 0. The van der Waals surface area contributed by atoms with Crippen LogP contribution in [-0.4, -0.2) is 5.11 Å². The Bertz CT molecular complexity index is 544. The predicted molar refractivity (Wildman–Crippen MR) is 85.4 cm³/mol. The van der Waals surface area contributed by atoms with Crippen molar-refractivity contribution in [2.75, 3.05) is 5.32 Å². The van der Waals surface area contributed by atoms with Crippen molar-refractivity contribution in [3.05, 3.63) is 65.2 Å². The molecule has 0 spiro atoms. The van der Waals surface area contributed by atoms with Crippen LogP contribution in [0.2, 0.25) is 0 Å². The van der Waals surface area contributed by atoms with E-state index in [2.05, 4.69) is 60.9 Å². The van der Waals surface area contributed by atoms with Gasteiger partial charge in [0.15, 0.2) is 5.11 Å². The van der Waals surface area contributed by atoms with Crippen molar-refractivity contribution in [2.45, 2.75) is 20.4 Å². The van der Waals surface area contributed by atoms with E-state index in [-0.39, 0.29) is 0 Å². The highest BCUT2D eigenvalue weighted by Gasteiger charge is 1.98. The molecule has 0 fully saturated rings. The molecule has 0 radical (unpaired) electrons. The largest absolute Gasteiger partial charge is 0.358 e. The minimum absolute atomic E-state index is 0.643. The number of thiocarbonyl (C=S) groups is 1. The average Bonchev–Trinajstić information content (AvgIpc) is 2.41. The third kappa shape index (κ3) is 4.38. The average molecular weight is 270 g/mol. The first kappa shape index (κ1) is 13.6. The number of hydrogen-bond acceptors (Lipinski definition) is 1. The van der Waals surface area contributed by atoms with E-state index in [1.807, 2.05) is 12.1 Å². The summed E-state index contributed by atoms with van der Waals surface area (Å²) in [5.74, 6) is 0. The van der Waals surface area contributed by atoms with Crippen molar-refractivity contribution >= 4 is 23.0 Å². The Hall–Kier alpha value is -1.87. The quantitative estimate of drug-likeness (QED) is 0.830. The molecule has 0 amide bonds. The van der Waals surface area contributed by atoms with Gasteiger partial charge in [-0.1, -0.05) is 47.5 Å². The topological polar surface area (TPSA) is 24.1 Å². The lowest BCUT2D eigenvalue weighted by molar-refractivity contribution is 0.925. The van der Waals surface area contributed by atoms with Crippen LogP contribution in [0.3, 0.4) is 0 Å². The lowest BCUT2D eigenvalue weighted by Crippen LogP contribution is -2.27. The molecule has 0 bridgehead atoms. The molecule has 2 nitrogen and oxygen atoms in total. The van der Waals surface area contributed by atoms with Crippen LogP contribution in [0.1, 0.15) is 16.7 Å². The van der Waals surface area contributed by atoms with E-state index in [9.17, 15) is 0 Å². The van der Waals surface area contributed by atoms with Gasteiger partial charge < -0.3 is 10.6 Å². The lowest BCUT2D eigenvalue weighted by atomic mass is 10.1. The minimum Gasteiger partial charge on any atom is -0.358 e. The second kappa shape index (κ2) is 6.34. The maximum atomic E-state index is 5.27. The normalized spacial score (nSPS) is 10.0. The van der Waals surface area contributed by atoms with E-state index in [1.165, 1.54) is 16.7 Å². The van der Waals surface area contributed by atoms with Crippen LogP contribution in [0.25, 0.3) is 0 Å². The summed E-state index contributed by atoms with van der Waals surface area (Å²) in [6.45, 7) is 4.89. The summed E-state index contributed by atoms with van der Waals surface area (Å²) in [5.41, 5.74) is 4.74. The van der Waals surface area contributed by atoms with E-state index >= 15 is 0 Å². The van der Waals surface area contributed by atoms with Crippen LogP contribution in [0.15, 0.2) is 48.5 Å². The van der Waals surface area contributed by atoms with Gasteiger partial charge in [-0.15, -0.1) is 0 Å². The van der Waals surface area contributed by atoms with Gasteiger partial charge in [-0.25, -0.2) is 0 Å². The smallest absolute Gasteiger partial charge is 0.171 e. The molecule has 2 aromatic carbocycles. The predicted octanol–water partition coefficient (Wildman–Crippen LogP) is 3.79. The maximum Gasteiger partial charge on any atom is 0.171 e. The fourth-order valence-corrected chi connectivity index (χ4v) is 1.89. The highest BCUT2D eigenvalue weighted by Crippen LogP contribution is 2.08. The lowest BCUT2D eigenvalue weighted by Gasteiger charge is -2.11. The minimum atomic E-state index is 0.643. The Morgan fingerprint density at radius 1 is 0.895 bits per heavy atom. The molecular formula is C16H18N2S. The van der Waals surface area contributed by atoms with Crippen LogP contribution in [0.4, 0.5) is 5.69 Å². The van der Waals surface area contributed by atoms with E-state index in [0.29, 0.717) is 5.11 Å². The summed E-state index contributed by atoms with van der Waals surface area (Å²) in [6, 6.07) is 16.6. The number of hydrogen-bond donors (Lipinski definition) is 2. The second-order valence-corrected chi connectivity index (χ2v) is 5.07. The van der Waals surface area contributed by atoms with Crippen LogP contribution < -0.4 is 10.6 Å². The molecule has 0 aliphatic heterocycles. The van der Waals surface area contributed by atoms with Crippen LogP contribution in [0.5, 0.6) is 0 Å². The zero-order valence-electron chi connectivity index (χ0n) is 11.2. The molecule has 2 N–H and O–H groups in total. The molecule has 0 aromatic heterocycles. The monoisotopic (exact) mass is 270 g/mol. The molecule has 0 unspecified atom stereocenters. The number of nitrogens with one attached hydrogen (secondary N) is 2. The first-order chi connectivity index (χ1) is 9.13. The molecule has 0 saturated heterocycles. The number of anilines is 1. The van der Waals surface area contributed by atoms with E-state index in [0.717, 1.165) is 12.2 Å². The van der Waals surface area contributed by atoms with Crippen molar-refractivity contribution < 1.29 is 0 Å². The first-order valence-electron chi connectivity index (χ1n) is 6.30. The summed E-state index contributed by atoms with van der Waals surface area (Å²) in [5, 5.41) is 7.02. The van der Waals surface area contributed by atoms with Gasteiger partial charge in [0.2, 0.25) is 0 Å². The number of rotatable bonds is 3. The van der Waals surface area contributed by atoms with Crippen molar-refractivity contribution in [2.24, 2.45) is 0 Å². The molecule has 3 heteroatoms. The van der Waals surface area contributed by atoms with Crippen molar-refractivity contribution in [3.63, 3.8) is 0 Å². The van der Waals surface area contributed by atoms with E-state index in [1.54, 1.807) is 0 Å². The highest BCUT2D eigenvalue weighted by atomic mass is 32.1. The molecule has 0 atom stereocenters. The Labute approximate surface area is 119 Å². The fraction of sp³-hybridized carbons (Fsp3) is 0.188. The van der Waals surface area contributed by atoms with Crippen molar-refractivity contribution in [3.8, 4) is 0 Å². The molecule has 2 aromatic rings. The second-order valence-electron chi connectivity index (χ2n) is 4.66. The van der Waals surface area contributed by atoms with Gasteiger partial charge in [0.25, 0.3) is 0 Å². The van der Waals surface area contributed by atoms with Gasteiger partial charge in [0.05, 0.1) is 0 Å². The SMILES string of the molecule is Cc1ccc(CNC(=S)Nc2ccc(C)cc2)cc1. The molecule has 0 aliphatic rings. The molecule has 98 valence electrons. The zero-order valence-corrected chi connectivity index (χ0v) is 12.1. The fourth-order valence-electron chi connectivity index (χ4n) is 1.70. The maximum absolute atomic E-state index is 5.27. The van der Waals surface area contributed by atoms with Crippen LogP contribution in [0, 0.1) is 13.8 Å². The molecule has 0 heterocycles. The Balaban J connectivity index is 1.84. The number of aryl methyl sites for hydroxylation is 2. The Kier molecular flexibility index (Phi) is 4.53. The molecule has 0 saturated carbocycles. The highest BCUT2D eigenvalue weighted by molar-refractivity contribution is 7.80. The number of benzene rings is 2. The van der Waals surface area contributed by atoms with Gasteiger partial charge in [0, 0.05) is 12.2 Å². The Morgan fingerprint density at radius 3 is 2.00 bits per heavy atom. The molecule has 0 aliphatic carbocycles. The summed E-state index contributed by atoms with van der Waals surface area (Å²) >= 11 is 5.27. The van der Waals surface area contributed by atoms with Gasteiger partial charge in [0.1, 0.15) is 0 Å². The summed E-state index contributed by atoms with van der Waals surface area (Å²) in [7, 11) is 0. The van der Waals surface area contributed by atoms with Gasteiger partial charge in [-0.05, 0) is 43.8 Å². The van der Waals surface area contributed by atoms with Crippen molar-refractivity contribution in [1.29, 1.82) is 0 Å². The molecular weight excluding hydrogens is 252 g/mol. The van der Waals surface area contributed by atoms with Crippen LogP contribution >= 0.6 is 12.2 Å². The standard InChI is InChI=1S/C16H18N2S/c1-12-3-7-14(8-4-12)11-17-16(19)18-15-9-5-13(2)6-10-15/h3-10H,11H2,1-2H3,(H2,17,18,19). The third-order valence-corrected chi connectivity index (χ3v) is 3.13. The van der Waals surface area contributed by atoms with Gasteiger partial charge >= 0.3 is 0 Å². The summed E-state index contributed by atoms with van der Waals surface area (Å²) < 4.78 is 0. The van der Waals surface area contributed by atoms with Gasteiger partial charge in [-0.3, -0.25) is 0 Å². The van der Waals surface area contributed by atoms with E-state index in [4.69, 9.17) is 12.2 Å². The molecule has 19 heavy (non-hydrogen) atoms. The van der Waals surface area contributed by atoms with E-state index < -0.39 is 0 Å². The zero-order chi connectivity index (χ0) is 13.7. The van der Waals surface area contributed by atoms with Crippen molar-refractivity contribution in [1.82, 2.24) is 5.32 Å².